The number of hydrogen-bond acceptors (Lipinski definition) is 5. The number of rotatable bonds is 4. The summed E-state index contributed by atoms with van der Waals surface area (Å²) in [6.45, 7) is 6.41. The van der Waals surface area contributed by atoms with E-state index in [2.05, 4.69) is 10.6 Å². The highest BCUT2D eigenvalue weighted by Crippen LogP contribution is 2.31. The van der Waals surface area contributed by atoms with E-state index in [4.69, 9.17) is 0 Å². The molecule has 4 rings (SSSR count). The maximum Gasteiger partial charge on any atom is 0.256 e. The van der Waals surface area contributed by atoms with Crippen LogP contribution in [0.2, 0.25) is 0 Å². The summed E-state index contributed by atoms with van der Waals surface area (Å²) in [7, 11) is 0. The van der Waals surface area contributed by atoms with Crippen molar-refractivity contribution in [1.82, 2.24) is 20.4 Å². The Kier molecular flexibility index (Phi) is 6.18. The Hall–Kier alpha value is -2.94. The van der Waals surface area contributed by atoms with Crippen molar-refractivity contribution < 1.29 is 24.3 Å². The molecule has 3 heterocycles. The molecule has 0 radical (unpaired) electrons. The third-order valence-electron chi connectivity index (χ3n) is 6.55. The molecule has 0 bridgehead atoms. The summed E-state index contributed by atoms with van der Waals surface area (Å²) in [6, 6.07) is 6.22. The number of amides is 4. The van der Waals surface area contributed by atoms with Crippen LogP contribution in [0.5, 0.6) is 0 Å². The molecular formula is C24H32N4O5. The largest absolute Gasteiger partial charge is 0.378 e. The van der Waals surface area contributed by atoms with Gasteiger partial charge in [-0.3, -0.25) is 19.2 Å². The first kappa shape index (κ1) is 23.2. The van der Waals surface area contributed by atoms with Gasteiger partial charge in [0.05, 0.1) is 6.04 Å². The molecule has 0 unspecified atom stereocenters. The zero-order valence-corrected chi connectivity index (χ0v) is 19.3. The molecule has 5 atom stereocenters. The van der Waals surface area contributed by atoms with Gasteiger partial charge in [0.1, 0.15) is 12.1 Å². The number of likely N-dealkylation sites (tertiary alicyclic amines) is 1. The number of carbonyl (C=O) groups excluding carboxylic acids is 4. The summed E-state index contributed by atoms with van der Waals surface area (Å²) in [5, 5.41) is 16.5. The number of carbonyl (C=O) groups is 4. The van der Waals surface area contributed by atoms with Crippen molar-refractivity contribution in [2.45, 2.75) is 70.3 Å². The van der Waals surface area contributed by atoms with E-state index in [1.807, 2.05) is 20.8 Å². The molecule has 3 N–H and O–H groups in total. The van der Waals surface area contributed by atoms with Crippen molar-refractivity contribution in [3.63, 3.8) is 0 Å². The van der Waals surface area contributed by atoms with Crippen LogP contribution in [0.1, 0.15) is 51.7 Å². The molecule has 0 spiro atoms. The number of aliphatic hydroxyl groups is 1. The van der Waals surface area contributed by atoms with Crippen molar-refractivity contribution in [2.75, 3.05) is 13.1 Å². The molecule has 4 amide bonds. The highest BCUT2D eigenvalue weighted by atomic mass is 16.3. The molecule has 3 saturated heterocycles. The van der Waals surface area contributed by atoms with Gasteiger partial charge in [0.2, 0.25) is 17.7 Å². The number of hydrogen-bond donors (Lipinski definition) is 3. The second kappa shape index (κ2) is 8.78. The van der Waals surface area contributed by atoms with E-state index in [1.165, 1.54) is 9.80 Å². The van der Waals surface area contributed by atoms with Gasteiger partial charge in [0, 0.05) is 25.6 Å². The highest BCUT2D eigenvalue weighted by Gasteiger charge is 2.53. The molecular weight excluding hydrogens is 424 g/mol. The molecule has 9 heteroatoms. The summed E-state index contributed by atoms with van der Waals surface area (Å²) in [5.41, 5.74) is 0.287. The van der Waals surface area contributed by atoms with Gasteiger partial charge < -0.3 is 25.5 Å². The Labute approximate surface area is 193 Å². The fraction of sp³-hybridized carbons (Fsp3) is 0.583. The smallest absolute Gasteiger partial charge is 0.256 e. The Bertz CT molecular complexity index is 944. The van der Waals surface area contributed by atoms with E-state index in [0.717, 1.165) is 0 Å². The topological polar surface area (TPSA) is 119 Å². The third kappa shape index (κ3) is 4.73. The molecule has 0 saturated carbocycles. The van der Waals surface area contributed by atoms with E-state index in [9.17, 15) is 24.3 Å². The maximum atomic E-state index is 13.5. The van der Waals surface area contributed by atoms with Crippen molar-refractivity contribution in [3.8, 4) is 0 Å². The van der Waals surface area contributed by atoms with E-state index in [0.29, 0.717) is 24.8 Å². The maximum absolute atomic E-state index is 13.5. The molecule has 1 aromatic rings. The van der Waals surface area contributed by atoms with E-state index < -0.39 is 30.1 Å². The van der Waals surface area contributed by atoms with Crippen LogP contribution in [0.15, 0.2) is 30.3 Å². The van der Waals surface area contributed by atoms with Gasteiger partial charge in [0.25, 0.3) is 5.91 Å². The lowest BCUT2D eigenvalue weighted by molar-refractivity contribution is -0.149. The minimum atomic E-state index is -1.38. The van der Waals surface area contributed by atoms with Gasteiger partial charge in [0.15, 0.2) is 6.10 Å². The van der Waals surface area contributed by atoms with Crippen LogP contribution in [0.3, 0.4) is 0 Å². The first-order chi connectivity index (χ1) is 15.5. The van der Waals surface area contributed by atoms with Gasteiger partial charge in [-0.25, -0.2) is 0 Å². The first-order valence-electron chi connectivity index (χ1n) is 11.5. The van der Waals surface area contributed by atoms with E-state index >= 15 is 0 Å². The van der Waals surface area contributed by atoms with Crippen LogP contribution < -0.4 is 10.6 Å². The fourth-order valence-electron chi connectivity index (χ4n) is 5.07. The van der Waals surface area contributed by atoms with Gasteiger partial charge in [-0.1, -0.05) is 51.1 Å². The van der Waals surface area contributed by atoms with Crippen molar-refractivity contribution in [3.05, 3.63) is 35.9 Å². The van der Waals surface area contributed by atoms with Crippen LogP contribution in [0.25, 0.3) is 0 Å². The lowest BCUT2D eigenvalue weighted by Crippen LogP contribution is -2.53. The Morgan fingerprint density at radius 2 is 1.91 bits per heavy atom. The van der Waals surface area contributed by atoms with Crippen LogP contribution in [-0.2, 0) is 19.2 Å². The number of fused-ring (bicyclic) bond motifs is 2. The van der Waals surface area contributed by atoms with Crippen LogP contribution in [-0.4, -0.2) is 75.8 Å². The van der Waals surface area contributed by atoms with Crippen LogP contribution in [0.4, 0.5) is 0 Å². The zero-order valence-electron chi connectivity index (χ0n) is 19.3. The van der Waals surface area contributed by atoms with Crippen LogP contribution in [0, 0.1) is 5.41 Å². The average Bonchev–Trinajstić information content (AvgIpc) is 3.33. The predicted molar refractivity (Wildman–Crippen MR) is 120 cm³/mol. The average molecular weight is 457 g/mol. The SMILES string of the molecule is CC(C)(C)CC(=O)N[C@@H]1C[C@H]2C(=O)N[C@@H]3CCN(C(=O)[C@@H](O)c4ccccc4)[C@@H]3C(=O)N2C1. The third-order valence-corrected chi connectivity index (χ3v) is 6.55. The number of benzene rings is 1. The Morgan fingerprint density at radius 1 is 1.21 bits per heavy atom. The minimum absolute atomic E-state index is 0.112. The second-order valence-corrected chi connectivity index (χ2v) is 10.4. The molecule has 3 fully saturated rings. The molecule has 178 valence electrons. The normalized spacial score (nSPS) is 28.0. The molecule has 0 aliphatic carbocycles. The zero-order chi connectivity index (χ0) is 23.9. The summed E-state index contributed by atoms with van der Waals surface area (Å²) in [4.78, 5) is 54.8. The van der Waals surface area contributed by atoms with E-state index in [1.54, 1.807) is 30.3 Å². The Morgan fingerprint density at radius 3 is 2.58 bits per heavy atom. The number of aliphatic hydroxyl groups excluding tert-OH is 1. The second-order valence-electron chi connectivity index (χ2n) is 10.4. The monoisotopic (exact) mass is 456 g/mol. The molecule has 33 heavy (non-hydrogen) atoms. The van der Waals surface area contributed by atoms with Gasteiger partial charge in [-0.05, 0) is 23.8 Å². The lowest BCUT2D eigenvalue weighted by atomic mass is 9.92. The molecule has 3 aliphatic rings. The minimum Gasteiger partial charge on any atom is -0.378 e. The lowest BCUT2D eigenvalue weighted by Gasteiger charge is -2.30. The molecule has 0 aromatic heterocycles. The molecule has 9 nitrogen and oxygen atoms in total. The van der Waals surface area contributed by atoms with Crippen molar-refractivity contribution in [1.29, 1.82) is 0 Å². The van der Waals surface area contributed by atoms with Gasteiger partial charge in [-0.2, -0.15) is 0 Å². The van der Waals surface area contributed by atoms with Crippen molar-refractivity contribution in [2.24, 2.45) is 5.41 Å². The number of nitrogens with zero attached hydrogens (tertiary/aromatic N) is 2. The fourth-order valence-corrected chi connectivity index (χ4v) is 5.07. The molecule has 3 aliphatic heterocycles. The van der Waals surface area contributed by atoms with E-state index in [-0.39, 0.29) is 42.3 Å². The summed E-state index contributed by atoms with van der Waals surface area (Å²) < 4.78 is 0. The summed E-state index contributed by atoms with van der Waals surface area (Å²) in [6.07, 6.45) is -0.246. The van der Waals surface area contributed by atoms with Gasteiger partial charge >= 0.3 is 0 Å². The van der Waals surface area contributed by atoms with Crippen LogP contribution >= 0.6 is 0 Å². The van der Waals surface area contributed by atoms with Crippen molar-refractivity contribution >= 4 is 23.6 Å². The highest BCUT2D eigenvalue weighted by molar-refractivity contribution is 5.97. The summed E-state index contributed by atoms with van der Waals surface area (Å²) in [5.74, 6) is -1.24. The van der Waals surface area contributed by atoms with Gasteiger partial charge in [-0.15, -0.1) is 0 Å². The predicted octanol–water partition coefficient (Wildman–Crippen LogP) is 0.341. The quantitative estimate of drug-likeness (QED) is 0.604. The Balaban J connectivity index is 1.50. The standard InChI is InChI=1S/C24H32N4O5/c1-24(2,3)12-18(29)25-15-11-17-21(31)26-16-9-10-27(19(16)22(32)28(17)13-15)23(33)20(30)14-7-5-4-6-8-14/h4-8,15-17,19-20,30H,9-13H2,1-3H3,(H,25,29)(H,26,31)/t15-,16-,17+,19+,20+/m1/s1. The number of nitrogens with one attached hydrogen (secondary N) is 2. The molecule has 1 aromatic carbocycles. The first-order valence-corrected chi connectivity index (χ1v) is 11.5. The summed E-state index contributed by atoms with van der Waals surface area (Å²) >= 11 is 0.